The van der Waals surface area contributed by atoms with Crippen LogP contribution in [0.3, 0.4) is 0 Å². The molecule has 0 saturated carbocycles. The summed E-state index contributed by atoms with van der Waals surface area (Å²) in [5, 5.41) is 2.06. The number of aryl methyl sites for hydroxylation is 1. The normalized spacial score (nSPS) is 23.6. The van der Waals surface area contributed by atoms with Crippen LogP contribution in [0.4, 0.5) is 0 Å². The third-order valence-corrected chi connectivity index (χ3v) is 5.83. The highest BCUT2D eigenvalue weighted by molar-refractivity contribution is 7.12. The summed E-state index contributed by atoms with van der Waals surface area (Å²) in [5.74, 6) is 0.240. The van der Waals surface area contributed by atoms with Gasteiger partial charge in [0, 0.05) is 32.7 Å². The van der Waals surface area contributed by atoms with Crippen molar-refractivity contribution in [2.75, 3.05) is 59.2 Å². The number of rotatable bonds is 5. The number of carbonyl (C=O) groups excluding carboxylic acids is 1. The maximum absolute atomic E-state index is 13.3. The third-order valence-electron chi connectivity index (χ3n) is 4.79. The number of hydrogen-bond donors (Lipinski definition) is 0. The van der Waals surface area contributed by atoms with Crippen LogP contribution in [-0.4, -0.2) is 80.3 Å². The molecule has 0 aromatic carbocycles. The van der Waals surface area contributed by atoms with Crippen molar-refractivity contribution in [3.8, 4) is 0 Å². The van der Waals surface area contributed by atoms with Crippen LogP contribution in [-0.2, 0) is 9.47 Å². The molecular weight excluding hydrogens is 312 g/mol. The number of nitrogens with zero attached hydrogens (tertiary/aromatic N) is 2. The first-order valence-electron chi connectivity index (χ1n) is 8.32. The number of ether oxygens (including phenoxy) is 2. The van der Waals surface area contributed by atoms with E-state index >= 15 is 0 Å². The van der Waals surface area contributed by atoms with Gasteiger partial charge in [0.25, 0.3) is 0 Å². The molecule has 2 fully saturated rings. The van der Waals surface area contributed by atoms with Crippen LogP contribution in [0.15, 0.2) is 11.4 Å². The van der Waals surface area contributed by atoms with Gasteiger partial charge in [0.1, 0.15) is 0 Å². The minimum absolute atomic E-state index is 0.240. The second-order valence-electron chi connectivity index (χ2n) is 6.58. The lowest BCUT2D eigenvalue weighted by Gasteiger charge is -2.45. The average Bonchev–Trinajstić information content (AvgIpc) is 3.02. The van der Waals surface area contributed by atoms with Gasteiger partial charge in [-0.25, -0.2) is 0 Å². The summed E-state index contributed by atoms with van der Waals surface area (Å²) in [6.45, 7) is 11.3. The molecule has 6 heteroatoms. The minimum atomic E-state index is -0.502. The predicted octanol–water partition coefficient (Wildman–Crippen LogP) is 1.66. The molecule has 0 N–H and O–H groups in total. The van der Waals surface area contributed by atoms with E-state index in [9.17, 15) is 4.79 Å². The molecule has 3 heterocycles. The molecule has 2 aliphatic rings. The summed E-state index contributed by atoms with van der Waals surface area (Å²) >= 11 is 1.56. The quantitative estimate of drug-likeness (QED) is 0.764. The SMILES string of the molecule is Cc1csc(C(=O)C(C)(CN2CCOCC2)N2CCOCC2)c1. The fourth-order valence-electron chi connectivity index (χ4n) is 3.38. The Morgan fingerprint density at radius 1 is 1.17 bits per heavy atom. The van der Waals surface area contributed by atoms with Crippen molar-refractivity contribution in [1.82, 2.24) is 9.80 Å². The minimum Gasteiger partial charge on any atom is -0.379 e. The largest absolute Gasteiger partial charge is 0.379 e. The van der Waals surface area contributed by atoms with E-state index in [1.54, 1.807) is 11.3 Å². The second-order valence-corrected chi connectivity index (χ2v) is 7.49. The van der Waals surface area contributed by atoms with Gasteiger partial charge in [-0.2, -0.15) is 0 Å². The number of hydrogen-bond acceptors (Lipinski definition) is 6. The van der Waals surface area contributed by atoms with Gasteiger partial charge in [-0.15, -0.1) is 11.3 Å². The number of carbonyl (C=O) groups is 1. The molecule has 23 heavy (non-hydrogen) atoms. The van der Waals surface area contributed by atoms with E-state index in [4.69, 9.17) is 9.47 Å². The van der Waals surface area contributed by atoms with Gasteiger partial charge in [0.15, 0.2) is 5.78 Å². The Morgan fingerprint density at radius 2 is 1.78 bits per heavy atom. The number of Topliss-reactive ketones (excluding diaryl/α,β-unsaturated/α-hetero) is 1. The maximum atomic E-state index is 13.3. The molecule has 128 valence electrons. The first kappa shape index (κ1) is 17.0. The van der Waals surface area contributed by atoms with Gasteiger partial charge < -0.3 is 9.47 Å². The standard InChI is InChI=1S/C17H26N2O3S/c1-14-11-15(23-12-14)16(20)17(2,19-5-9-22-10-6-19)13-18-3-7-21-8-4-18/h11-12H,3-10,13H2,1-2H3. The Balaban J connectivity index is 1.83. The van der Waals surface area contributed by atoms with Crippen LogP contribution in [0.5, 0.6) is 0 Å². The van der Waals surface area contributed by atoms with Crippen molar-refractivity contribution in [1.29, 1.82) is 0 Å². The van der Waals surface area contributed by atoms with Crippen LogP contribution in [0.1, 0.15) is 22.2 Å². The average molecular weight is 338 g/mol. The lowest BCUT2D eigenvalue weighted by Crippen LogP contribution is -2.62. The molecule has 3 rings (SSSR count). The Labute approximate surface area is 142 Å². The Morgan fingerprint density at radius 3 is 2.35 bits per heavy atom. The van der Waals surface area contributed by atoms with Crippen molar-refractivity contribution in [3.05, 3.63) is 21.9 Å². The molecule has 1 aromatic rings. The van der Waals surface area contributed by atoms with Gasteiger partial charge >= 0.3 is 0 Å². The summed E-state index contributed by atoms with van der Waals surface area (Å²) < 4.78 is 10.9. The zero-order valence-electron chi connectivity index (χ0n) is 14.0. The molecule has 1 aromatic heterocycles. The van der Waals surface area contributed by atoms with E-state index in [0.717, 1.165) is 56.4 Å². The van der Waals surface area contributed by atoms with Crippen molar-refractivity contribution in [2.45, 2.75) is 19.4 Å². The van der Waals surface area contributed by atoms with E-state index in [1.807, 2.05) is 13.0 Å². The lowest BCUT2D eigenvalue weighted by molar-refractivity contribution is -0.0331. The van der Waals surface area contributed by atoms with Crippen LogP contribution >= 0.6 is 11.3 Å². The third kappa shape index (κ3) is 3.83. The number of thiophene rings is 1. The summed E-state index contributed by atoms with van der Waals surface area (Å²) in [7, 11) is 0. The van der Waals surface area contributed by atoms with E-state index in [1.165, 1.54) is 0 Å². The predicted molar refractivity (Wildman–Crippen MR) is 91.4 cm³/mol. The van der Waals surface area contributed by atoms with Crippen LogP contribution < -0.4 is 0 Å². The Bertz CT molecular complexity index is 536. The molecule has 0 aliphatic carbocycles. The monoisotopic (exact) mass is 338 g/mol. The molecular formula is C17H26N2O3S. The first-order valence-corrected chi connectivity index (χ1v) is 9.20. The highest BCUT2D eigenvalue weighted by Gasteiger charge is 2.42. The summed E-state index contributed by atoms with van der Waals surface area (Å²) in [5.41, 5.74) is 0.660. The topological polar surface area (TPSA) is 42.0 Å². The zero-order chi connectivity index (χ0) is 16.3. The van der Waals surface area contributed by atoms with Crippen LogP contribution in [0.25, 0.3) is 0 Å². The molecule has 0 radical (unpaired) electrons. The zero-order valence-corrected chi connectivity index (χ0v) is 14.9. The second kappa shape index (κ2) is 7.40. The van der Waals surface area contributed by atoms with Gasteiger partial charge in [-0.3, -0.25) is 14.6 Å². The van der Waals surface area contributed by atoms with Gasteiger partial charge in [0.05, 0.1) is 36.8 Å². The number of morpholine rings is 2. The number of ketones is 1. The summed E-state index contributed by atoms with van der Waals surface area (Å²) in [6.07, 6.45) is 0. The summed E-state index contributed by atoms with van der Waals surface area (Å²) in [4.78, 5) is 18.9. The molecule has 0 bridgehead atoms. The highest BCUT2D eigenvalue weighted by Crippen LogP contribution is 2.27. The van der Waals surface area contributed by atoms with Crippen molar-refractivity contribution in [2.24, 2.45) is 0 Å². The molecule has 2 saturated heterocycles. The van der Waals surface area contributed by atoms with E-state index in [2.05, 4.69) is 22.1 Å². The van der Waals surface area contributed by atoms with Crippen molar-refractivity contribution >= 4 is 17.1 Å². The molecule has 5 nitrogen and oxygen atoms in total. The van der Waals surface area contributed by atoms with E-state index < -0.39 is 5.54 Å². The Kier molecular flexibility index (Phi) is 5.49. The van der Waals surface area contributed by atoms with E-state index in [-0.39, 0.29) is 5.78 Å². The molecule has 2 aliphatic heterocycles. The van der Waals surface area contributed by atoms with Crippen LogP contribution in [0, 0.1) is 6.92 Å². The van der Waals surface area contributed by atoms with Crippen LogP contribution in [0.2, 0.25) is 0 Å². The van der Waals surface area contributed by atoms with E-state index in [0.29, 0.717) is 13.2 Å². The first-order chi connectivity index (χ1) is 11.1. The molecule has 1 atom stereocenters. The lowest BCUT2D eigenvalue weighted by atomic mass is 9.91. The fraction of sp³-hybridized carbons (Fsp3) is 0.706. The molecule has 0 amide bonds. The van der Waals surface area contributed by atoms with Gasteiger partial charge in [0.2, 0.25) is 0 Å². The maximum Gasteiger partial charge on any atom is 0.194 e. The Hall–Kier alpha value is -0.790. The molecule has 0 spiro atoms. The molecule has 1 unspecified atom stereocenters. The van der Waals surface area contributed by atoms with Gasteiger partial charge in [-0.1, -0.05) is 0 Å². The van der Waals surface area contributed by atoms with Crippen molar-refractivity contribution < 1.29 is 14.3 Å². The highest BCUT2D eigenvalue weighted by atomic mass is 32.1. The van der Waals surface area contributed by atoms with Crippen molar-refractivity contribution in [3.63, 3.8) is 0 Å². The summed E-state index contributed by atoms with van der Waals surface area (Å²) in [6, 6.07) is 2.02. The fourth-order valence-corrected chi connectivity index (χ4v) is 4.34. The smallest absolute Gasteiger partial charge is 0.194 e. The van der Waals surface area contributed by atoms with Gasteiger partial charge in [-0.05, 0) is 30.9 Å².